The van der Waals surface area contributed by atoms with E-state index in [2.05, 4.69) is 15.4 Å². The molecule has 0 fully saturated rings. The Labute approximate surface area is 157 Å². The van der Waals surface area contributed by atoms with E-state index < -0.39 is 6.09 Å². The molecule has 0 unspecified atom stereocenters. The summed E-state index contributed by atoms with van der Waals surface area (Å²) < 4.78 is 14.9. The number of carbonyl (C=O) groups is 2. The minimum absolute atomic E-state index is 0.221. The van der Waals surface area contributed by atoms with E-state index in [4.69, 9.17) is 9.47 Å². The first kappa shape index (κ1) is 19.8. The first-order valence-electron chi connectivity index (χ1n) is 8.17. The van der Waals surface area contributed by atoms with Crippen LogP contribution in [0.1, 0.15) is 11.1 Å². The van der Waals surface area contributed by atoms with Gasteiger partial charge < -0.3 is 19.5 Å². The topological polar surface area (TPSA) is 85.9 Å². The summed E-state index contributed by atoms with van der Waals surface area (Å²) in [5.41, 5.74) is 2.34. The van der Waals surface area contributed by atoms with Crippen molar-refractivity contribution in [3.63, 3.8) is 0 Å². The van der Waals surface area contributed by atoms with Gasteiger partial charge in [0.2, 0.25) is 5.91 Å². The third-order valence-electron chi connectivity index (χ3n) is 3.69. The minimum Gasteiger partial charge on any atom is -0.493 e. The van der Waals surface area contributed by atoms with Gasteiger partial charge >= 0.3 is 6.09 Å². The van der Waals surface area contributed by atoms with E-state index >= 15 is 0 Å². The van der Waals surface area contributed by atoms with Gasteiger partial charge in [0.15, 0.2) is 11.5 Å². The summed E-state index contributed by atoms with van der Waals surface area (Å²) in [6, 6.07) is 12.5. The number of carbonyl (C=O) groups excluding carboxylic acids is 2. The Bertz CT molecular complexity index is 816. The third kappa shape index (κ3) is 6.07. The smallest absolute Gasteiger partial charge is 0.411 e. The van der Waals surface area contributed by atoms with Gasteiger partial charge in [0.1, 0.15) is 0 Å². The van der Waals surface area contributed by atoms with E-state index in [1.54, 1.807) is 44.6 Å². The molecule has 0 heterocycles. The molecule has 0 saturated carbocycles. The summed E-state index contributed by atoms with van der Waals surface area (Å²) >= 11 is 0. The van der Waals surface area contributed by atoms with Gasteiger partial charge in [-0.25, -0.2) is 4.79 Å². The quantitative estimate of drug-likeness (QED) is 0.731. The van der Waals surface area contributed by atoms with Crippen molar-refractivity contribution >= 4 is 23.8 Å². The summed E-state index contributed by atoms with van der Waals surface area (Å²) in [5.74, 6) is 1.01. The molecule has 27 heavy (non-hydrogen) atoms. The van der Waals surface area contributed by atoms with Crippen LogP contribution in [0.5, 0.6) is 11.5 Å². The average Bonchev–Trinajstić information content (AvgIpc) is 2.71. The second kappa shape index (κ2) is 9.86. The number of anilines is 1. The Morgan fingerprint density at radius 3 is 2.30 bits per heavy atom. The number of hydrogen-bond acceptors (Lipinski definition) is 5. The fourth-order valence-electron chi connectivity index (χ4n) is 2.25. The maximum Gasteiger partial charge on any atom is 0.411 e. The molecule has 142 valence electrons. The van der Waals surface area contributed by atoms with Crippen molar-refractivity contribution in [3.8, 4) is 11.5 Å². The Morgan fingerprint density at radius 2 is 1.67 bits per heavy atom. The predicted octanol–water partition coefficient (Wildman–Crippen LogP) is 3.21. The van der Waals surface area contributed by atoms with Crippen LogP contribution >= 0.6 is 0 Å². The number of methoxy groups -OCH3 is 3. The number of nitrogens with one attached hydrogen (secondary N) is 2. The summed E-state index contributed by atoms with van der Waals surface area (Å²) in [6.07, 6.45) is 2.62. The first-order valence-corrected chi connectivity index (χ1v) is 8.17. The van der Waals surface area contributed by atoms with E-state index in [1.807, 2.05) is 18.2 Å². The number of ether oxygens (including phenoxy) is 3. The molecule has 0 aliphatic heterocycles. The van der Waals surface area contributed by atoms with Crippen LogP contribution in [0.25, 0.3) is 6.08 Å². The van der Waals surface area contributed by atoms with Crippen LogP contribution in [0.3, 0.4) is 0 Å². The van der Waals surface area contributed by atoms with Crippen molar-refractivity contribution in [3.05, 3.63) is 59.7 Å². The third-order valence-corrected chi connectivity index (χ3v) is 3.69. The van der Waals surface area contributed by atoms with Gasteiger partial charge in [0.05, 0.1) is 21.3 Å². The number of hydrogen-bond donors (Lipinski definition) is 2. The fraction of sp³-hybridized carbons (Fsp3) is 0.200. The molecule has 0 aliphatic rings. The van der Waals surface area contributed by atoms with Gasteiger partial charge in [-0.2, -0.15) is 0 Å². The van der Waals surface area contributed by atoms with Gasteiger partial charge in [-0.15, -0.1) is 0 Å². The van der Waals surface area contributed by atoms with Gasteiger partial charge in [0.25, 0.3) is 0 Å². The summed E-state index contributed by atoms with van der Waals surface area (Å²) in [4.78, 5) is 23.1. The second-order valence-electron chi connectivity index (χ2n) is 5.48. The highest BCUT2D eigenvalue weighted by atomic mass is 16.5. The van der Waals surface area contributed by atoms with Gasteiger partial charge in [-0.3, -0.25) is 10.1 Å². The van der Waals surface area contributed by atoms with Gasteiger partial charge in [0, 0.05) is 18.3 Å². The van der Waals surface area contributed by atoms with Crippen molar-refractivity contribution in [2.24, 2.45) is 0 Å². The molecule has 0 bridgehead atoms. The van der Waals surface area contributed by atoms with Crippen molar-refractivity contribution in [1.29, 1.82) is 0 Å². The van der Waals surface area contributed by atoms with Crippen molar-refractivity contribution < 1.29 is 23.8 Å². The van der Waals surface area contributed by atoms with E-state index in [0.717, 1.165) is 11.1 Å². The summed E-state index contributed by atoms with van der Waals surface area (Å²) in [7, 11) is 4.43. The molecule has 7 nitrogen and oxygen atoms in total. The maximum absolute atomic E-state index is 12.0. The zero-order valence-corrected chi connectivity index (χ0v) is 15.4. The highest BCUT2D eigenvalue weighted by Crippen LogP contribution is 2.27. The number of benzene rings is 2. The molecule has 0 spiro atoms. The molecule has 2 N–H and O–H groups in total. The molecule has 2 amide bonds. The normalized spacial score (nSPS) is 10.3. The lowest BCUT2D eigenvalue weighted by Crippen LogP contribution is -2.20. The standard InChI is InChI=1S/C20H22N2O5/c1-25-17-10-6-14(12-18(17)26-2)7-11-19(23)21-13-15-4-8-16(9-5-15)22-20(24)27-3/h4-12H,13H2,1-3H3,(H,21,23)(H,22,24). The molecule has 0 atom stereocenters. The molecule has 2 aromatic rings. The van der Waals surface area contributed by atoms with Crippen molar-refractivity contribution in [1.82, 2.24) is 5.32 Å². The monoisotopic (exact) mass is 370 g/mol. The highest BCUT2D eigenvalue weighted by molar-refractivity contribution is 5.91. The van der Waals surface area contributed by atoms with E-state index in [0.29, 0.717) is 23.7 Å². The zero-order chi connectivity index (χ0) is 19.6. The summed E-state index contributed by atoms with van der Waals surface area (Å²) in [5, 5.41) is 5.36. The van der Waals surface area contributed by atoms with E-state index in [9.17, 15) is 9.59 Å². The lowest BCUT2D eigenvalue weighted by Gasteiger charge is -2.08. The molecular formula is C20H22N2O5. The Morgan fingerprint density at radius 1 is 0.963 bits per heavy atom. The molecule has 0 aliphatic carbocycles. The van der Waals surface area contributed by atoms with Crippen LogP contribution < -0.4 is 20.1 Å². The Kier molecular flexibility index (Phi) is 7.25. The lowest BCUT2D eigenvalue weighted by molar-refractivity contribution is -0.116. The average molecular weight is 370 g/mol. The van der Waals surface area contributed by atoms with Crippen LogP contribution in [-0.2, 0) is 16.1 Å². The Balaban J connectivity index is 1.88. The van der Waals surface area contributed by atoms with Crippen LogP contribution in [0.4, 0.5) is 10.5 Å². The largest absolute Gasteiger partial charge is 0.493 e. The van der Waals surface area contributed by atoms with Crippen molar-refractivity contribution in [2.75, 3.05) is 26.6 Å². The zero-order valence-electron chi connectivity index (χ0n) is 15.4. The number of rotatable bonds is 7. The molecule has 0 aromatic heterocycles. The number of amides is 2. The maximum atomic E-state index is 12.0. The molecule has 2 rings (SSSR count). The molecule has 0 saturated heterocycles. The molecule has 2 aromatic carbocycles. The van der Waals surface area contributed by atoms with Gasteiger partial charge in [-0.1, -0.05) is 18.2 Å². The Hall–Kier alpha value is -3.48. The molecule has 0 radical (unpaired) electrons. The van der Waals surface area contributed by atoms with Crippen LogP contribution in [0.2, 0.25) is 0 Å². The molecule has 7 heteroatoms. The van der Waals surface area contributed by atoms with Crippen molar-refractivity contribution in [2.45, 2.75) is 6.54 Å². The SMILES string of the molecule is COC(=O)Nc1ccc(CNC(=O)C=Cc2ccc(OC)c(OC)c2)cc1. The molecular weight excluding hydrogens is 348 g/mol. The van der Waals surface area contributed by atoms with Crippen LogP contribution in [0.15, 0.2) is 48.5 Å². The summed E-state index contributed by atoms with van der Waals surface area (Å²) in [6.45, 7) is 0.369. The lowest BCUT2D eigenvalue weighted by atomic mass is 10.2. The van der Waals surface area contributed by atoms with Gasteiger partial charge in [-0.05, 0) is 41.5 Å². The second-order valence-corrected chi connectivity index (χ2v) is 5.48. The fourth-order valence-corrected chi connectivity index (χ4v) is 2.25. The van der Waals surface area contributed by atoms with E-state index in [-0.39, 0.29) is 5.91 Å². The van der Waals surface area contributed by atoms with Crippen LogP contribution in [-0.4, -0.2) is 33.3 Å². The minimum atomic E-state index is -0.531. The first-order chi connectivity index (χ1) is 13.0. The predicted molar refractivity (Wildman–Crippen MR) is 103 cm³/mol. The van der Waals surface area contributed by atoms with Crippen LogP contribution in [0, 0.1) is 0 Å². The van der Waals surface area contributed by atoms with E-state index in [1.165, 1.54) is 13.2 Å². The highest BCUT2D eigenvalue weighted by Gasteiger charge is 2.04.